The Morgan fingerprint density at radius 2 is 1.71 bits per heavy atom. The Morgan fingerprint density at radius 1 is 1.17 bits per heavy atom. The van der Waals surface area contributed by atoms with Crippen molar-refractivity contribution in [3.63, 3.8) is 0 Å². The zero-order chi connectivity index (χ0) is 18.5. The maximum Gasteiger partial charge on any atom is 0.328 e. The number of benzene rings is 1. The summed E-state index contributed by atoms with van der Waals surface area (Å²) in [5, 5.41) is 24.2. The molecule has 0 aliphatic rings. The van der Waals surface area contributed by atoms with E-state index in [-0.39, 0.29) is 0 Å². The van der Waals surface area contributed by atoms with E-state index in [0.29, 0.717) is 0 Å². The summed E-state index contributed by atoms with van der Waals surface area (Å²) in [6.07, 6.45) is -2.23. The van der Waals surface area contributed by atoms with E-state index in [1.165, 1.54) is 21.0 Å². The monoisotopic (exact) mass is 353 g/mol. The molecule has 1 rings (SSSR count). The highest BCUT2D eigenvalue weighted by atomic mass is 28.3. The molecule has 24 heavy (non-hydrogen) atoms. The van der Waals surface area contributed by atoms with Crippen LogP contribution in [0.3, 0.4) is 0 Å². The van der Waals surface area contributed by atoms with Gasteiger partial charge in [0.1, 0.15) is 6.04 Å². The molecule has 1 aromatic carbocycles. The van der Waals surface area contributed by atoms with Crippen LogP contribution in [0, 0.1) is 0 Å². The number of nitrogens with one attached hydrogen (secondary N) is 1. The molecule has 0 spiro atoms. The number of esters is 1. The molecule has 1 aromatic rings. The number of aliphatic hydroxyl groups is 2. The summed E-state index contributed by atoms with van der Waals surface area (Å²) < 4.78 is 4.83. The van der Waals surface area contributed by atoms with E-state index in [1.54, 1.807) is 0 Å². The number of carbonyl (C=O) groups is 2. The molecule has 6 nitrogen and oxygen atoms in total. The number of hydrogen-bond acceptors (Lipinski definition) is 5. The number of ether oxygens (including phenoxy) is 1. The first kappa shape index (κ1) is 20.3. The summed E-state index contributed by atoms with van der Waals surface area (Å²) in [6, 6.07) is 8.52. The highest BCUT2D eigenvalue weighted by Crippen LogP contribution is 2.32. The van der Waals surface area contributed by atoms with Crippen LogP contribution in [0.15, 0.2) is 30.3 Å². The number of rotatable bonds is 7. The minimum absolute atomic E-state index is 0.397. The minimum atomic E-state index is -2.47. The Labute approximate surface area is 143 Å². The van der Waals surface area contributed by atoms with Crippen molar-refractivity contribution in [3.05, 3.63) is 30.3 Å². The maximum atomic E-state index is 12.3. The summed E-state index contributed by atoms with van der Waals surface area (Å²) in [5.41, 5.74) is -0.656. The predicted octanol–water partition coefficient (Wildman–Crippen LogP) is 0.392. The van der Waals surface area contributed by atoms with Crippen molar-refractivity contribution in [3.8, 4) is 0 Å². The average molecular weight is 353 g/mol. The fourth-order valence-corrected chi connectivity index (χ4v) is 6.66. The van der Waals surface area contributed by atoms with Crippen molar-refractivity contribution in [2.45, 2.75) is 50.7 Å². The van der Waals surface area contributed by atoms with E-state index in [1.807, 2.05) is 43.4 Å². The Morgan fingerprint density at radius 3 is 2.12 bits per heavy atom. The smallest absolute Gasteiger partial charge is 0.328 e. The largest absolute Gasteiger partial charge is 0.467 e. The van der Waals surface area contributed by atoms with Gasteiger partial charge in [-0.05, 0) is 6.92 Å². The molecular formula is C17H27NO5Si. The van der Waals surface area contributed by atoms with Gasteiger partial charge in [0.15, 0.2) is 0 Å². The Balaban J connectivity index is 3.42. The van der Waals surface area contributed by atoms with Crippen molar-refractivity contribution >= 4 is 25.1 Å². The van der Waals surface area contributed by atoms with Gasteiger partial charge in [0, 0.05) is 12.5 Å². The second kappa shape index (κ2) is 8.41. The molecular weight excluding hydrogens is 326 g/mol. The number of aliphatic hydroxyl groups excluding tert-OH is 2. The fraction of sp³-hybridized carbons (Fsp3) is 0.529. The third-order valence-corrected chi connectivity index (χ3v) is 8.55. The molecule has 1 amide bonds. The number of amides is 1. The molecule has 3 N–H and O–H groups in total. The molecule has 0 aliphatic heterocycles. The van der Waals surface area contributed by atoms with Crippen LogP contribution in [0.1, 0.15) is 13.8 Å². The number of carbonyl (C=O) groups excluding carboxylic acids is 2. The first-order valence-electron chi connectivity index (χ1n) is 7.89. The highest BCUT2D eigenvalue weighted by Gasteiger charge is 2.48. The van der Waals surface area contributed by atoms with Gasteiger partial charge in [-0.1, -0.05) is 48.6 Å². The molecule has 0 saturated carbocycles. The van der Waals surface area contributed by atoms with Gasteiger partial charge in [0.2, 0.25) is 5.91 Å². The third kappa shape index (κ3) is 4.65. The first-order valence-corrected chi connectivity index (χ1v) is 11.0. The van der Waals surface area contributed by atoms with E-state index in [2.05, 4.69) is 5.32 Å². The molecule has 7 heteroatoms. The van der Waals surface area contributed by atoms with Gasteiger partial charge in [0.05, 0.1) is 27.4 Å². The Kier molecular flexibility index (Phi) is 7.13. The van der Waals surface area contributed by atoms with E-state index < -0.39 is 43.7 Å². The summed E-state index contributed by atoms with van der Waals surface area (Å²) in [7, 11) is -1.23. The van der Waals surface area contributed by atoms with E-state index in [4.69, 9.17) is 4.74 Å². The quantitative estimate of drug-likeness (QED) is 0.487. The third-order valence-electron chi connectivity index (χ3n) is 4.39. The van der Waals surface area contributed by atoms with Crippen molar-refractivity contribution < 1.29 is 24.5 Å². The molecule has 0 saturated heterocycles. The zero-order valence-corrected chi connectivity index (χ0v) is 15.8. The predicted molar refractivity (Wildman–Crippen MR) is 94.6 cm³/mol. The lowest BCUT2D eigenvalue weighted by molar-refractivity contribution is -0.146. The molecule has 134 valence electrons. The lowest BCUT2D eigenvalue weighted by Gasteiger charge is -2.41. The maximum absolute atomic E-state index is 12.3. The fourth-order valence-electron chi connectivity index (χ4n) is 3.04. The minimum Gasteiger partial charge on any atom is -0.467 e. The molecule has 0 aromatic heterocycles. The average Bonchev–Trinajstić information content (AvgIpc) is 2.53. The van der Waals surface area contributed by atoms with Crippen LogP contribution in [0.2, 0.25) is 18.6 Å². The van der Waals surface area contributed by atoms with Crippen LogP contribution in [0.4, 0.5) is 0 Å². The van der Waals surface area contributed by atoms with Crippen LogP contribution in [0.25, 0.3) is 0 Å². The molecule has 0 bridgehead atoms. The lowest BCUT2D eigenvalue weighted by Crippen LogP contribution is -2.61. The van der Waals surface area contributed by atoms with Crippen LogP contribution < -0.4 is 10.5 Å². The zero-order valence-electron chi connectivity index (χ0n) is 14.8. The molecule has 0 unspecified atom stereocenters. The van der Waals surface area contributed by atoms with Gasteiger partial charge in [0.25, 0.3) is 0 Å². The van der Waals surface area contributed by atoms with Crippen molar-refractivity contribution in [2.75, 3.05) is 7.11 Å². The SMILES string of the molecule is COC(=O)[C@H](NC(C)=O)[C@@H]([C@@H](O)[C@H](C)O)[Si](C)(C)c1ccccc1. The summed E-state index contributed by atoms with van der Waals surface area (Å²) in [4.78, 5) is 23.9. The standard InChI is InChI=1S/C17H27NO5Si/c1-11(19)15(21)16(14(17(22)23-3)18-12(2)20)24(4,5)13-9-7-6-8-10-13/h6-11,14-16,19,21H,1-5H3,(H,18,20)/t11-,14+,15-,16-/m0/s1. The van der Waals surface area contributed by atoms with E-state index in [9.17, 15) is 19.8 Å². The Hall–Kier alpha value is -1.70. The van der Waals surface area contributed by atoms with E-state index >= 15 is 0 Å². The van der Waals surface area contributed by atoms with Gasteiger partial charge < -0.3 is 20.3 Å². The number of methoxy groups -OCH3 is 1. The van der Waals surface area contributed by atoms with Gasteiger partial charge in [-0.3, -0.25) is 4.79 Å². The lowest BCUT2D eigenvalue weighted by atomic mass is 10.0. The van der Waals surface area contributed by atoms with Crippen LogP contribution in [-0.4, -0.2) is 55.5 Å². The molecule has 4 atom stereocenters. The highest BCUT2D eigenvalue weighted by molar-refractivity contribution is 6.91. The van der Waals surface area contributed by atoms with Gasteiger partial charge in [-0.2, -0.15) is 0 Å². The molecule has 0 heterocycles. The second-order valence-electron chi connectivity index (χ2n) is 6.55. The van der Waals surface area contributed by atoms with Crippen LogP contribution >= 0.6 is 0 Å². The van der Waals surface area contributed by atoms with Crippen molar-refractivity contribution in [2.24, 2.45) is 0 Å². The molecule has 0 aliphatic carbocycles. The second-order valence-corrected chi connectivity index (χ2v) is 11.2. The first-order chi connectivity index (χ1) is 11.1. The molecule has 0 fully saturated rings. The van der Waals surface area contributed by atoms with Crippen LogP contribution in [0.5, 0.6) is 0 Å². The Bertz CT molecular complexity index is 561. The van der Waals surface area contributed by atoms with E-state index in [0.717, 1.165) is 5.19 Å². The van der Waals surface area contributed by atoms with Crippen LogP contribution in [-0.2, 0) is 14.3 Å². The van der Waals surface area contributed by atoms with Gasteiger partial charge in [-0.15, -0.1) is 0 Å². The number of hydrogen-bond donors (Lipinski definition) is 3. The topological polar surface area (TPSA) is 95.9 Å². The van der Waals surface area contributed by atoms with Gasteiger partial charge in [-0.25, -0.2) is 4.79 Å². The van der Waals surface area contributed by atoms with Crippen molar-refractivity contribution in [1.29, 1.82) is 0 Å². The van der Waals surface area contributed by atoms with Crippen molar-refractivity contribution in [1.82, 2.24) is 5.32 Å². The van der Waals surface area contributed by atoms with Gasteiger partial charge >= 0.3 is 5.97 Å². The summed E-state index contributed by atoms with van der Waals surface area (Å²) >= 11 is 0. The summed E-state index contributed by atoms with van der Waals surface area (Å²) in [6.45, 7) is 6.76. The normalized spacial score (nSPS) is 16.6. The molecule has 0 radical (unpaired) electrons. The summed E-state index contributed by atoms with van der Waals surface area (Å²) in [5.74, 6) is -1.03.